The SMILES string of the molecule is CCN(CC)c1ccc(OC)c(/C=C/COc2ccc(Cn3nnnc3C(=O)O)cc2)c1. The summed E-state index contributed by atoms with van der Waals surface area (Å²) in [4.78, 5) is 13.4. The summed E-state index contributed by atoms with van der Waals surface area (Å²) in [6, 6.07) is 13.5. The first kappa shape index (κ1) is 22.8. The summed E-state index contributed by atoms with van der Waals surface area (Å²) < 4.78 is 12.5. The van der Waals surface area contributed by atoms with Gasteiger partial charge in [0.25, 0.3) is 5.82 Å². The van der Waals surface area contributed by atoms with Gasteiger partial charge in [0.15, 0.2) is 0 Å². The van der Waals surface area contributed by atoms with E-state index in [9.17, 15) is 4.79 Å². The van der Waals surface area contributed by atoms with Crippen molar-refractivity contribution in [1.82, 2.24) is 20.2 Å². The van der Waals surface area contributed by atoms with Crippen molar-refractivity contribution >= 4 is 17.7 Å². The summed E-state index contributed by atoms with van der Waals surface area (Å²) in [7, 11) is 1.66. The quantitative estimate of drug-likeness (QED) is 0.487. The average Bonchev–Trinajstić information content (AvgIpc) is 3.27. The van der Waals surface area contributed by atoms with Crippen molar-refractivity contribution in [1.29, 1.82) is 0 Å². The Morgan fingerprint density at radius 2 is 1.91 bits per heavy atom. The Balaban J connectivity index is 1.60. The Bertz CT molecular complexity index is 1060. The molecule has 0 bridgehead atoms. The lowest BCUT2D eigenvalue weighted by molar-refractivity contribution is 0.0677. The largest absolute Gasteiger partial charge is 0.496 e. The number of hydrogen-bond donors (Lipinski definition) is 1. The van der Waals surface area contributed by atoms with Crippen molar-refractivity contribution in [2.24, 2.45) is 0 Å². The van der Waals surface area contributed by atoms with Crippen LogP contribution in [0.3, 0.4) is 0 Å². The highest BCUT2D eigenvalue weighted by molar-refractivity contribution is 5.83. The number of anilines is 1. The molecule has 9 nitrogen and oxygen atoms in total. The van der Waals surface area contributed by atoms with E-state index in [-0.39, 0.29) is 12.4 Å². The molecule has 0 atom stereocenters. The summed E-state index contributed by atoms with van der Waals surface area (Å²) >= 11 is 0. The van der Waals surface area contributed by atoms with Gasteiger partial charge in [0.1, 0.15) is 18.1 Å². The van der Waals surface area contributed by atoms with Gasteiger partial charge in [0.05, 0.1) is 13.7 Å². The molecule has 0 spiro atoms. The molecule has 2 aromatic carbocycles. The van der Waals surface area contributed by atoms with Gasteiger partial charge in [0.2, 0.25) is 0 Å². The zero-order valence-corrected chi connectivity index (χ0v) is 18.4. The number of aromatic nitrogens is 4. The van der Waals surface area contributed by atoms with E-state index in [2.05, 4.69) is 46.4 Å². The molecule has 32 heavy (non-hydrogen) atoms. The molecular formula is C23H27N5O4. The monoisotopic (exact) mass is 437 g/mol. The van der Waals surface area contributed by atoms with Crippen LogP contribution in [0.25, 0.3) is 6.08 Å². The fraction of sp³-hybridized carbons (Fsp3) is 0.304. The van der Waals surface area contributed by atoms with Crippen molar-refractivity contribution in [2.75, 3.05) is 31.7 Å². The number of rotatable bonds is 11. The van der Waals surface area contributed by atoms with Crippen LogP contribution in [0.5, 0.6) is 11.5 Å². The highest BCUT2D eigenvalue weighted by Gasteiger charge is 2.13. The second kappa shape index (κ2) is 10.9. The highest BCUT2D eigenvalue weighted by Crippen LogP contribution is 2.26. The topological polar surface area (TPSA) is 103 Å². The molecule has 3 aromatic rings. The van der Waals surface area contributed by atoms with Gasteiger partial charge in [-0.1, -0.05) is 18.2 Å². The molecule has 0 saturated heterocycles. The van der Waals surface area contributed by atoms with Crippen LogP contribution in [0.15, 0.2) is 48.5 Å². The highest BCUT2D eigenvalue weighted by atomic mass is 16.5. The minimum absolute atomic E-state index is 0.198. The predicted octanol–water partition coefficient (Wildman–Crippen LogP) is 3.37. The molecule has 1 aromatic heterocycles. The molecule has 0 fully saturated rings. The maximum absolute atomic E-state index is 11.1. The van der Waals surface area contributed by atoms with Gasteiger partial charge in [-0.3, -0.25) is 0 Å². The third-order valence-corrected chi connectivity index (χ3v) is 4.96. The number of carboxylic acid groups (broad SMARTS) is 1. The molecule has 9 heteroatoms. The summed E-state index contributed by atoms with van der Waals surface area (Å²) in [5.74, 6) is 0.152. The zero-order chi connectivity index (χ0) is 22.9. The van der Waals surface area contributed by atoms with E-state index in [1.54, 1.807) is 7.11 Å². The number of aromatic carboxylic acids is 1. The van der Waals surface area contributed by atoms with Gasteiger partial charge < -0.3 is 19.5 Å². The number of benzene rings is 2. The van der Waals surface area contributed by atoms with Crippen LogP contribution in [-0.4, -0.2) is 58.1 Å². The summed E-state index contributed by atoms with van der Waals surface area (Å²) in [5.41, 5.74) is 3.01. The van der Waals surface area contributed by atoms with Crippen LogP contribution in [-0.2, 0) is 6.54 Å². The normalized spacial score (nSPS) is 11.0. The van der Waals surface area contributed by atoms with Gasteiger partial charge in [-0.25, -0.2) is 9.48 Å². The number of ether oxygens (including phenoxy) is 2. The molecular weight excluding hydrogens is 410 g/mol. The fourth-order valence-corrected chi connectivity index (χ4v) is 3.29. The van der Waals surface area contributed by atoms with Crippen LogP contribution in [0.1, 0.15) is 35.6 Å². The molecule has 168 valence electrons. The maximum Gasteiger partial charge on any atom is 0.375 e. The number of methoxy groups -OCH3 is 1. The standard InChI is InChI=1S/C23H27N5O4/c1-4-27(5-2)19-10-13-21(31-3)18(15-19)7-6-14-32-20-11-8-17(9-12-20)16-28-22(23(29)30)24-25-26-28/h6-13,15H,4-5,14,16H2,1-3H3,(H,29,30)/b7-6+. The Kier molecular flexibility index (Phi) is 7.80. The first-order chi connectivity index (χ1) is 15.5. The van der Waals surface area contributed by atoms with Crippen LogP contribution < -0.4 is 14.4 Å². The van der Waals surface area contributed by atoms with Gasteiger partial charge >= 0.3 is 5.97 Å². The number of nitrogens with zero attached hydrogens (tertiary/aromatic N) is 5. The van der Waals surface area contributed by atoms with E-state index in [1.807, 2.05) is 42.5 Å². The smallest absolute Gasteiger partial charge is 0.375 e. The minimum atomic E-state index is -1.17. The van der Waals surface area contributed by atoms with Crippen molar-refractivity contribution in [2.45, 2.75) is 20.4 Å². The Morgan fingerprint density at radius 3 is 2.56 bits per heavy atom. The van der Waals surface area contributed by atoms with Gasteiger partial charge in [-0.15, -0.1) is 5.10 Å². The average molecular weight is 438 g/mol. The third-order valence-electron chi connectivity index (χ3n) is 4.96. The van der Waals surface area contributed by atoms with Crippen LogP contribution in [0.4, 0.5) is 5.69 Å². The van der Waals surface area contributed by atoms with E-state index in [4.69, 9.17) is 14.6 Å². The molecule has 0 unspecified atom stereocenters. The molecule has 0 saturated carbocycles. The Labute approximate surface area is 186 Å². The summed E-state index contributed by atoms with van der Waals surface area (Å²) in [5, 5.41) is 19.7. The van der Waals surface area contributed by atoms with Crippen molar-refractivity contribution in [3.05, 3.63) is 65.5 Å². The van der Waals surface area contributed by atoms with E-state index in [1.165, 1.54) is 4.68 Å². The zero-order valence-electron chi connectivity index (χ0n) is 18.4. The van der Waals surface area contributed by atoms with Crippen LogP contribution in [0.2, 0.25) is 0 Å². The molecule has 0 aliphatic heterocycles. The van der Waals surface area contributed by atoms with Gasteiger partial charge in [0, 0.05) is 24.3 Å². The third kappa shape index (κ3) is 5.63. The number of hydrogen-bond acceptors (Lipinski definition) is 7. The lowest BCUT2D eigenvalue weighted by Gasteiger charge is -2.22. The molecule has 0 aliphatic carbocycles. The molecule has 0 radical (unpaired) electrons. The van der Waals surface area contributed by atoms with E-state index >= 15 is 0 Å². The number of tetrazole rings is 1. The summed E-state index contributed by atoms with van der Waals surface area (Å²) in [6.45, 7) is 6.81. The van der Waals surface area contributed by atoms with E-state index in [0.29, 0.717) is 12.4 Å². The van der Waals surface area contributed by atoms with E-state index < -0.39 is 5.97 Å². The first-order valence-electron chi connectivity index (χ1n) is 10.4. The molecule has 1 N–H and O–H groups in total. The molecule has 1 heterocycles. The van der Waals surface area contributed by atoms with Crippen LogP contribution >= 0.6 is 0 Å². The van der Waals surface area contributed by atoms with Crippen molar-refractivity contribution in [3.63, 3.8) is 0 Å². The Morgan fingerprint density at radius 1 is 1.16 bits per heavy atom. The fourth-order valence-electron chi connectivity index (χ4n) is 3.29. The Hall–Kier alpha value is -3.88. The number of carbonyl (C=O) groups is 1. The van der Waals surface area contributed by atoms with Crippen molar-refractivity contribution in [3.8, 4) is 11.5 Å². The second-order valence-electron chi connectivity index (χ2n) is 6.92. The lowest BCUT2D eigenvalue weighted by Crippen LogP contribution is -2.21. The number of carboxylic acids is 1. The van der Waals surface area contributed by atoms with Gasteiger partial charge in [-0.05, 0) is 66.2 Å². The molecule has 3 rings (SSSR count). The maximum atomic E-state index is 11.1. The summed E-state index contributed by atoms with van der Waals surface area (Å²) in [6.07, 6.45) is 3.93. The minimum Gasteiger partial charge on any atom is -0.496 e. The van der Waals surface area contributed by atoms with E-state index in [0.717, 1.165) is 35.7 Å². The molecule has 0 aliphatic rings. The van der Waals surface area contributed by atoms with Gasteiger partial charge in [-0.2, -0.15) is 0 Å². The lowest BCUT2D eigenvalue weighted by atomic mass is 10.1. The van der Waals surface area contributed by atoms with Crippen LogP contribution in [0, 0.1) is 0 Å². The molecule has 0 amide bonds. The first-order valence-corrected chi connectivity index (χ1v) is 10.4. The van der Waals surface area contributed by atoms with Crippen molar-refractivity contribution < 1.29 is 19.4 Å². The predicted molar refractivity (Wildman–Crippen MR) is 121 cm³/mol. The second-order valence-corrected chi connectivity index (χ2v) is 6.92.